The Kier molecular flexibility index (Phi) is 5.40. The van der Waals surface area contributed by atoms with E-state index in [-0.39, 0.29) is 30.9 Å². The molecule has 0 saturated carbocycles. The van der Waals surface area contributed by atoms with Gasteiger partial charge in [-0.25, -0.2) is 4.68 Å². The number of hydrogen-bond acceptors (Lipinski definition) is 4. The van der Waals surface area contributed by atoms with Gasteiger partial charge in [-0.1, -0.05) is 18.2 Å². The Bertz CT molecular complexity index is 824. The number of para-hydroxylation sites is 1. The predicted molar refractivity (Wildman–Crippen MR) is 98.5 cm³/mol. The lowest BCUT2D eigenvalue weighted by atomic mass is 10.2. The summed E-state index contributed by atoms with van der Waals surface area (Å²) in [7, 11) is 0. The van der Waals surface area contributed by atoms with Crippen molar-refractivity contribution in [1.29, 1.82) is 0 Å². The highest BCUT2D eigenvalue weighted by molar-refractivity contribution is 5.94. The molecule has 1 aromatic heterocycles. The molecule has 0 aliphatic heterocycles. The molecule has 1 aromatic carbocycles. The smallest absolute Gasteiger partial charge is 0.307 e. The van der Waals surface area contributed by atoms with Gasteiger partial charge in [-0.15, -0.1) is 0 Å². The van der Waals surface area contributed by atoms with Gasteiger partial charge in [0.05, 0.1) is 18.2 Å². The van der Waals surface area contributed by atoms with Crippen LogP contribution in [0.1, 0.15) is 54.0 Å². The standard InChI is InChI=1S/C20H25N3O3/c1-13(2)26-18(24)11-12-21-20(25)19-15-8-6-10-17(15)23(22-19)16-9-5-4-7-14(16)3/h4-5,7,9,13H,6,8,10-12H2,1-3H3,(H,21,25). The van der Waals surface area contributed by atoms with Crippen LogP contribution in [0.15, 0.2) is 24.3 Å². The number of rotatable bonds is 6. The second-order valence-corrected chi connectivity index (χ2v) is 6.87. The number of hydrogen-bond donors (Lipinski definition) is 1. The fourth-order valence-corrected chi connectivity index (χ4v) is 3.30. The number of fused-ring (bicyclic) bond motifs is 1. The molecule has 1 aliphatic carbocycles. The molecule has 1 amide bonds. The van der Waals surface area contributed by atoms with E-state index in [4.69, 9.17) is 4.74 Å². The van der Waals surface area contributed by atoms with Crippen LogP contribution in [-0.2, 0) is 22.4 Å². The number of carbonyl (C=O) groups is 2. The number of aromatic nitrogens is 2. The van der Waals surface area contributed by atoms with Crippen LogP contribution in [0.2, 0.25) is 0 Å². The van der Waals surface area contributed by atoms with Gasteiger partial charge >= 0.3 is 5.97 Å². The highest BCUT2D eigenvalue weighted by Gasteiger charge is 2.27. The number of amides is 1. The van der Waals surface area contributed by atoms with Crippen LogP contribution in [0.25, 0.3) is 5.69 Å². The molecule has 0 atom stereocenters. The van der Waals surface area contributed by atoms with Gasteiger partial charge in [-0.05, 0) is 51.7 Å². The Morgan fingerprint density at radius 3 is 2.77 bits per heavy atom. The van der Waals surface area contributed by atoms with Crippen molar-refractivity contribution in [2.24, 2.45) is 0 Å². The normalized spacial score (nSPS) is 12.9. The van der Waals surface area contributed by atoms with E-state index in [1.54, 1.807) is 13.8 Å². The number of benzene rings is 1. The third-order valence-electron chi connectivity index (χ3n) is 4.47. The summed E-state index contributed by atoms with van der Waals surface area (Å²) >= 11 is 0. The maximum Gasteiger partial charge on any atom is 0.307 e. The van der Waals surface area contributed by atoms with E-state index in [1.807, 2.05) is 35.9 Å². The quantitative estimate of drug-likeness (QED) is 0.809. The zero-order valence-electron chi connectivity index (χ0n) is 15.5. The highest BCUT2D eigenvalue weighted by Crippen LogP contribution is 2.28. The lowest BCUT2D eigenvalue weighted by Crippen LogP contribution is -2.28. The van der Waals surface area contributed by atoms with E-state index in [2.05, 4.69) is 10.4 Å². The summed E-state index contributed by atoms with van der Waals surface area (Å²) < 4.78 is 6.98. The summed E-state index contributed by atoms with van der Waals surface area (Å²) in [6, 6.07) is 8.03. The summed E-state index contributed by atoms with van der Waals surface area (Å²) in [5.41, 5.74) is 4.73. The minimum absolute atomic E-state index is 0.147. The maximum absolute atomic E-state index is 12.6. The first-order valence-corrected chi connectivity index (χ1v) is 9.12. The Balaban J connectivity index is 1.75. The summed E-state index contributed by atoms with van der Waals surface area (Å²) in [6.07, 6.45) is 2.82. The SMILES string of the molecule is Cc1ccccc1-n1nc(C(=O)NCCC(=O)OC(C)C)c2c1CCC2. The largest absolute Gasteiger partial charge is 0.463 e. The van der Waals surface area contributed by atoms with Crippen LogP contribution in [-0.4, -0.2) is 34.3 Å². The van der Waals surface area contributed by atoms with Gasteiger partial charge in [0, 0.05) is 17.8 Å². The molecule has 1 aliphatic rings. The summed E-state index contributed by atoms with van der Waals surface area (Å²) in [5, 5.41) is 7.39. The molecule has 0 unspecified atom stereocenters. The van der Waals surface area contributed by atoms with Crippen molar-refractivity contribution >= 4 is 11.9 Å². The topological polar surface area (TPSA) is 73.2 Å². The molecule has 138 valence electrons. The van der Waals surface area contributed by atoms with Crippen molar-refractivity contribution in [2.75, 3.05) is 6.54 Å². The van der Waals surface area contributed by atoms with Crippen LogP contribution < -0.4 is 5.32 Å². The lowest BCUT2D eigenvalue weighted by Gasteiger charge is -2.09. The van der Waals surface area contributed by atoms with Gasteiger partial charge < -0.3 is 10.1 Å². The van der Waals surface area contributed by atoms with Crippen LogP contribution in [0.5, 0.6) is 0 Å². The molecule has 0 saturated heterocycles. The summed E-state index contributed by atoms with van der Waals surface area (Å²) in [4.78, 5) is 24.2. The van der Waals surface area contributed by atoms with Crippen molar-refractivity contribution in [3.63, 3.8) is 0 Å². The van der Waals surface area contributed by atoms with Crippen LogP contribution in [0.3, 0.4) is 0 Å². The average Bonchev–Trinajstić information content (AvgIpc) is 3.17. The van der Waals surface area contributed by atoms with Crippen molar-refractivity contribution in [3.05, 3.63) is 46.8 Å². The maximum atomic E-state index is 12.6. The molecule has 0 radical (unpaired) electrons. The Labute approximate surface area is 153 Å². The number of ether oxygens (including phenoxy) is 1. The van der Waals surface area contributed by atoms with Crippen LogP contribution in [0.4, 0.5) is 0 Å². The lowest BCUT2D eigenvalue weighted by molar-refractivity contribution is -0.147. The molecular formula is C20H25N3O3. The van der Waals surface area contributed by atoms with Crippen molar-refractivity contribution in [1.82, 2.24) is 15.1 Å². The Morgan fingerprint density at radius 1 is 1.27 bits per heavy atom. The van der Waals surface area contributed by atoms with E-state index < -0.39 is 0 Å². The van der Waals surface area contributed by atoms with Gasteiger partial charge in [0.1, 0.15) is 0 Å². The molecule has 1 N–H and O–H groups in total. The van der Waals surface area contributed by atoms with Gasteiger partial charge in [0.2, 0.25) is 0 Å². The van der Waals surface area contributed by atoms with Crippen molar-refractivity contribution in [3.8, 4) is 5.69 Å². The number of aryl methyl sites for hydroxylation is 1. The van der Waals surface area contributed by atoms with Crippen molar-refractivity contribution in [2.45, 2.75) is 52.6 Å². The fourth-order valence-electron chi connectivity index (χ4n) is 3.30. The molecule has 0 spiro atoms. The van der Waals surface area contributed by atoms with Gasteiger partial charge in [0.25, 0.3) is 5.91 Å². The summed E-state index contributed by atoms with van der Waals surface area (Å²) in [6.45, 7) is 5.89. The number of esters is 1. The fraction of sp³-hybridized carbons (Fsp3) is 0.450. The molecule has 26 heavy (non-hydrogen) atoms. The molecule has 6 heteroatoms. The van der Waals surface area contributed by atoms with Crippen molar-refractivity contribution < 1.29 is 14.3 Å². The van der Waals surface area contributed by atoms with Crippen LogP contribution >= 0.6 is 0 Å². The first-order valence-electron chi connectivity index (χ1n) is 9.12. The van der Waals surface area contributed by atoms with E-state index in [9.17, 15) is 9.59 Å². The minimum Gasteiger partial charge on any atom is -0.463 e. The van der Waals surface area contributed by atoms with E-state index >= 15 is 0 Å². The first kappa shape index (κ1) is 18.2. The molecule has 2 aromatic rings. The average molecular weight is 355 g/mol. The molecular weight excluding hydrogens is 330 g/mol. The third kappa shape index (κ3) is 3.79. The highest BCUT2D eigenvalue weighted by atomic mass is 16.5. The zero-order valence-corrected chi connectivity index (χ0v) is 15.5. The molecule has 1 heterocycles. The second-order valence-electron chi connectivity index (χ2n) is 6.87. The third-order valence-corrected chi connectivity index (χ3v) is 4.47. The van der Waals surface area contributed by atoms with E-state index in [0.717, 1.165) is 41.8 Å². The predicted octanol–water partition coefficient (Wildman–Crippen LogP) is 2.74. The second kappa shape index (κ2) is 7.72. The van der Waals surface area contributed by atoms with Gasteiger partial charge in [-0.2, -0.15) is 5.10 Å². The molecule has 0 fully saturated rings. The summed E-state index contributed by atoms with van der Waals surface area (Å²) in [5.74, 6) is -0.538. The van der Waals surface area contributed by atoms with Gasteiger partial charge in [-0.3, -0.25) is 9.59 Å². The Morgan fingerprint density at radius 2 is 2.04 bits per heavy atom. The molecule has 0 bridgehead atoms. The number of nitrogens with one attached hydrogen (secondary N) is 1. The Hall–Kier alpha value is -2.63. The van der Waals surface area contributed by atoms with E-state index in [1.165, 1.54) is 0 Å². The molecule has 6 nitrogen and oxygen atoms in total. The zero-order chi connectivity index (χ0) is 18.7. The van der Waals surface area contributed by atoms with E-state index in [0.29, 0.717) is 5.69 Å². The first-order chi connectivity index (χ1) is 12.5. The monoisotopic (exact) mass is 355 g/mol. The number of nitrogens with zero attached hydrogens (tertiary/aromatic N) is 2. The number of carbonyl (C=O) groups excluding carboxylic acids is 2. The van der Waals surface area contributed by atoms with Crippen LogP contribution in [0, 0.1) is 6.92 Å². The van der Waals surface area contributed by atoms with Gasteiger partial charge in [0.15, 0.2) is 5.69 Å². The molecule has 3 rings (SSSR count). The minimum atomic E-state index is -0.309.